The van der Waals surface area contributed by atoms with Crippen LogP contribution in [0.15, 0.2) is 47.4 Å². The molecule has 1 aliphatic heterocycles. The summed E-state index contributed by atoms with van der Waals surface area (Å²) in [5.74, 6) is 0. The van der Waals surface area contributed by atoms with E-state index in [-0.39, 0.29) is 16.5 Å². The van der Waals surface area contributed by atoms with Gasteiger partial charge in [-0.1, -0.05) is 41.9 Å². The van der Waals surface area contributed by atoms with Gasteiger partial charge in [0, 0.05) is 13.1 Å². The Morgan fingerprint density at radius 2 is 1.71 bits per heavy atom. The normalized spacial score (nSPS) is 15.1. The lowest BCUT2D eigenvalue weighted by Crippen LogP contribution is -2.26. The molecular formula is C15H14ClNO3S. The van der Waals surface area contributed by atoms with E-state index in [9.17, 15) is 13.5 Å². The predicted molar refractivity (Wildman–Crippen MR) is 80.2 cm³/mol. The molecule has 0 spiro atoms. The highest BCUT2D eigenvalue weighted by molar-refractivity contribution is 7.89. The molecule has 21 heavy (non-hydrogen) atoms. The van der Waals surface area contributed by atoms with Crippen molar-refractivity contribution in [3.8, 4) is 0 Å². The van der Waals surface area contributed by atoms with E-state index in [1.807, 2.05) is 24.3 Å². The molecule has 0 radical (unpaired) electrons. The van der Waals surface area contributed by atoms with Crippen LogP contribution < -0.4 is 0 Å². The summed E-state index contributed by atoms with van der Waals surface area (Å²) in [5, 5.41) is 9.34. The summed E-state index contributed by atoms with van der Waals surface area (Å²) in [7, 11) is -3.68. The minimum atomic E-state index is -3.68. The van der Waals surface area contributed by atoms with Crippen LogP contribution in [0.1, 0.15) is 16.7 Å². The maximum absolute atomic E-state index is 12.8. The first-order valence-corrected chi connectivity index (χ1v) is 8.30. The summed E-state index contributed by atoms with van der Waals surface area (Å²) in [6, 6.07) is 12.2. The molecule has 1 heterocycles. The van der Waals surface area contributed by atoms with Gasteiger partial charge in [-0.15, -0.1) is 0 Å². The van der Waals surface area contributed by atoms with Gasteiger partial charge < -0.3 is 5.11 Å². The van der Waals surface area contributed by atoms with Gasteiger partial charge in [-0.25, -0.2) is 8.42 Å². The van der Waals surface area contributed by atoms with E-state index in [4.69, 9.17) is 11.6 Å². The first-order valence-electron chi connectivity index (χ1n) is 6.48. The number of halogens is 1. The van der Waals surface area contributed by atoms with E-state index in [2.05, 4.69) is 0 Å². The molecule has 0 aromatic heterocycles. The number of hydrogen-bond acceptors (Lipinski definition) is 3. The number of aliphatic hydroxyl groups excluding tert-OH is 1. The smallest absolute Gasteiger partial charge is 0.245 e. The second-order valence-electron chi connectivity index (χ2n) is 4.96. The van der Waals surface area contributed by atoms with Gasteiger partial charge >= 0.3 is 0 Å². The molecule has 3 rings (SSSR count). The van der Waals surface area contributed by atoms with Gasteiger partial charge in [0.25, 0.3) is 0 Å². The summed E-state index contributed by atoms with van der Waals surface area (Å²) in [6.07, 6.45) is 0. The lowest BCUT2D eigenvalue weighted by atomic mass is 10.1. The summed E-state index contributed by atoms with van der Waals surface area (Å²) in [5.41, 5.74) is 2.54. The minimum Gasteiger partial charge on any atom is -0.392 e. The zero-order valence-corrected chi connectivity index (χ0v) is 12.7. The fourth-order valence-corrected chi connectivity index (χ4v) is 4.38. The van der Waals surface area contributed by atoms with E-state index in [0.717, 1.165) is 11.1 Å². The molecule has 0 fully saturated rings. The quantitative estimate of drug-likeness (QED) is 0.944. The summed E-state index contributed by atoms with van der Waals surface area (Å²) in [6.45, 7) is 0.469. The fraction of sp³-hybridized carbons (Fsp3) is 0.200. The molecule has 0 bridgehead atoms. The topological polar surface area (TPSA) is 57.6 Å². The highest BCUT2D eigenvalue weighted by Gasteiger charge is 2.31. The van der Waals surface area contributed by atoms with Crippen molar-refractivity contribution in [3.05, 3.63) is 64.2 Å². The monoisotopic (exact) mass is 323 g/mol. The Labute approximate surface area is 128 Å². The summed E-state index contributed by atoms with van der Waals surface area (Å²) in [4.78, 5) is 0.0449. The lowest BCUT2D eigenvalue weighted by molar-refractivity contribution is 0.281. The summed E-state index contributed by atoms with van der Waals surface area (Å²) >= 11 is 6.04. The zero-order valence-electron chi connectivity index (χ0n) is 11.2. The van der Waals surface area contributed by atoms with Crippen LogP contribution in [-0.2, 0) is 29.7 Å². The van der Waals surface area contributed by atoms with Crippen LogP contribution >= 0.6 is 11.6 Å². The van der Waals surface area contributed by atoms with Crippen LogP contribution in [0, 0.1) is 0 Å². The van der Waals surface area contributed by atoms with E-state index in [0.29, 0.717) is 18.7 Å². The van der Waals surface area contributed by atoms with Crippen LogP contribution in [-0.4, -0.2) is 17.8 Å². The Morgan fingerprint density at radius 3 is 2.29 bits per heavy atom. The third-order valence-corrected chi connectivity index (χ3v) is 5.88. The van der Waals surface area contributed by atoms with Crippen molar-refractivity contribution < 1.29 is 13.5 Å². The number of benzene rings is 2. The van der Waals surface area contributed by atoms with Crippen LogP contribution in [0.4, 0.5) is 0 Å². The molecule has 2 aromatic rings. The second-order valence-corrected chi connectivity index (χ2v) is 7.28. The molecule has 0 atom stereocenters. The maximum atomic E-state index is 12.8. The van der Waals surface area contributed by atoms with Gasteiger partial charge in [0.2, 0.25) is 10.0 Å². The zero-order chi connectivity index (χ0) is 15.0. The number of rotatable bonds is 3. The number of sulfonamides is 1. The van der Waals surface area contributed by atoms with E-state index in [1.165, 1.54) is 16.4 Å². The lowest BCUT2D eigenvalue weighted by Gasteiger charge is -2.17. The maximum Gasteiger partial charge on any atom is 0.245 e. The fourth-order valence-electron chi connectivity index (χ4n) is 2.45. The summed E-state index contributed by atoms with van der Waals surface area (Å²) < 4.78 is 26.9. The average Bonchev–Trinajstić information content (AvgIpc) is 2.92. The van der Waals surface area contributed by atoms with Crippen molar-refractivity contribution in [2.45, 2.75) is 24.6 Å². The predicted octanol–water partition coefficient (Wildman–Crippen LogP) is 2.54. The molecular weight excluding hydrogens is 310 g/mol. The van der Waals surface area contributed by atoms with Gasteiger partial charge in [-0.3, -0.25) is 0 Å². The number of hydrogen-bond donors (Lipinski definition) is 1. The van der Waals surface area contributed by atoms with Gasteiger partial charge in [-0.05, 0) is 28.8 Å². The van der Waals surface area contributed by atoms with Crippen molar-refractivity contribution >= 4 is 21.6 Å². The Bertz CT molecular complexity index is 764. The van der Waals surface area contributed by atoms with Crippen molar-refractivity contribution in [1.82, 2.24) is 4.31 Å². The number of fused-ring (bicyclic) bond motifs is 1. The largest absolute Gasteiger partial charge is 0.392 e. The van der Waals surface area contributed by atoms with Gasteiger partial charge in [0.15, 0.2) is 0 Å². The Kier molecular flexibility index (Phi) is 3.75. The molecule has 1 N–H and O–H groups in total. The van der Waals surface area contributed by atoms with E-state index >= 15 is 0 Å². The van der Waals surface area contributed by atoms with Gasteiger partial charge in [-0.2, -0.15) is 4.31 Å². The third kappa shape index (κ3) is 2.58. The number of nitrogens with zero attached hydrogens (tertiary/aromatic N) is 1. The van der Waals surface area contributed by atoms with Gasteiger partial charge in [0.1, 0.15) is 4.90 Å². The SMILES string of the molecule is O=S(=O)(c1cc(CO)ccc1Cl)N1Cc2ccccc2C1. The first-order chi connectivity index (χ1) is 10.0. The van der Waals surface area contributed by atoms with Crippen LogP contribution in [0.3, 0.4) is 0 Å². The molecule has 4 nitrogen and oxygen atoms in total. The van der Waals surface area contributed by atoms with Crippen molar-refractivity contribution in [3.63, 3.8) is 0 Å². The molecule has 0 amide bonds. The van der Waals surface area contributed by atoms with Gasteiger partial charge in [0.05, 0.1) is 11.6 Å². The molecule has 0 saturated heterocycles. The second kappa shape index (κ2) is 5.42. The molecule has 2 aromatic carbocycles. The molecule has 0 aliphatic carbocycles. The third-order valence-electron chi connectivity index (χ3n) is 3.61. The Balaban J connectivity index is 2.00. The number of aliphatic hydroxyl groups is 1. The molecule has 1 aliphatic rings. The van der Waals surface area contributed by atoms with E-state index in [1.54, 1.807) is 6.07 Å². The molecule has 0 saturated carbocycles. The van der Waals surface area contributed by atoms with Crippen LogP contribution in [0.25, 0.3) is 0 Å². The van der Waals surface area contributed by atoms with Crippen molar-refractivity contribution in [2.75, 3.05) is 0 Å². The minimum absolute atomic E-state index is 0.0449. The highest BCUT2D eigenvalue weighted by atomic mass is 35.5. The van der Waals surface area contributed by atoms with Crippen LogP contribution in [0.5, 0.6) is 0 Å². The molecule has 6 heteroatoms. The Hall–Kier alpha value is -1.40. The molecule has 110 valence electrons. The Morgan fingerprint density at radius 1 is 1.10 bits per heavy atom. The highest BCUT2D eigenvalue weighted by Crippen LogP contribution is 2.32. The average molecular weight is 324 g/mol. The van der Waals surface area contributed by atoms with Crippen molar-refractivity contribution in [2.24, 2.45) is 0 Å². The van der Waals surface area contributed by atoms with E-state index < -0.39 is 10.0 Å². The first kappa shape index (κ1) is 14.5. The van der Waals surface area contributed by atoms with Crippen LogP contribution in [0.2, 0.25) is 5.02 Å². The van der Waals surface area contributed by atoms with Crippen molar-refractivity contribution in [1.29, 1.82) is 0 Å². The standard InChI is InChI=1S/C15H14ClNO3S/c16-14-6-5-11(10-18)7-15(14)21(19,20)17-8-12-3-1-2-4-13(12)9-17/h1-7,18H,8-10H2. The molecule has 0 unspecified atom stereocenters.